The maximum absolute atomic E-state index is 12.9. The molecule has 178 valence electrons. The van der Waals surface area contributed by atoms with E-state index < -0.39 is 17.7 Å². The van der Waals surface area contributed by atoms with Gasteiger partial charge in [0.05, 0.1) is 37.5 Å². The Bertz CT molecular complexity index is 1050. The Labute approximate surface area is 202 Å². The first-order valence-electron chi connectivity index (χ1n) is 9.99. The first-order chi connectivity index (χ1) is 15.8. The molecule has 33 heavy (non-hydrogen) atoms. The predicted octanol–water partition coefficient (Wildman–Crippen LogP) is 5.49. The van der Waals surface area contributed by atoms with Crippen LogP contribution in [0.5, 0.6) is 23.0 Å². The highest BCUT2D eigenvalue weighted by molar-refractivity contribution is 6.34. The molecule has 0 aliphatic carbocycles. The number of carbonyl (C=O) groups excluding carboxylic acids is 2. The van der Waals surface area contributed by atoms with E-state index in [9.17, 15) is 9.59 Å². The number of hydrogen-bond acceptors (Lipinski definition) is 8. The van der Waals surface area contributed by atoms with Crippen molar-refractivity contribution in [3.05, 3.63) is 34.3 Å². The molecule has 0 heterocycles. The third-order valence-corrected chi connectivity index (χ3v) is 4.89. The van der Waals surface area contributed by atoms with Gasteiger partial charge in [-0.05, 0) is 32.9 Å². The summed E-state index contributed by atoms with van der Waals surface area (Å²) in [6.07, 6.45) is 0. The monoisotopic (exact) mass is 497 g/mol. The van der Waals surface area contributed by atoms with Gasteiger partial charge >= 0.3 is 0 Å². The van der Waals surface area contributed by atoms with Crippen LogP contribution in [-0.4, -0.2) is 45.2 Å². The number of nitrogens with zero attached hydrogens (tertiary/aromatic N) is 2. The van der Waals surface area contributed by atoms with Crippen molar-refractivity contribution >= 4 is 46.3 Å². The highest BCUT2D eigenvalue weighted by atomic mass is 35.5. The summed E-state index contributed by atoms with van der Waals surface area (Å²) in [6.45, 7) is 5.50. The van der Waals surface area contributed by atoms with E-state index in [4.69, 9.17) is 42.1 Å². The van der Waals surface area contributed by atoms with Crippen molar-refractivity contribution in [2.75, 3.05) is 32.8 Å². The molecule has 1 amide bonds. The minimum absolute atomic E-state index is 0.167. The number of nitrogens with one attached hydrogen (secondary N) is 1. The van der Waals surface area contributed by atoms with E-state index in [2.05, 4.69) is 15.5 Å². The first-order valence-corrected chi connectivity index (χ1v) is 10.7. The molecule has 0 saturated carbocycles. The molecule has 0 aromatic heterocycles. The Morgan fingerprint density at radius 1 is 0.970 bits per heavy atom. The molecule has 0 aliphatic heterocycles. The topological polar surface area (TPSA) is 108 Å². The molecule has 0 bridgehead atoms. The van der Waals surface area contributed by atoms with Gasteiger partial charge in [0.25, 0.3) is 5.91 Å². The van der Waals surface area contributed by atoms with Gasteiger partial charge in [0.1, 0.15) is 11.4 Å². The van der Waals surface area contributed by atoms with Crippen LogP contribution in [0.2, 0.25) is 10.0 Å². The summed E-state index contributed by atoms with van der Waals surface area (Å²) < 4.78 is 21.6. The SMILES string of the molecule is CCOc1ccc(Cl)c(NC(=O)C(N=Nc2cc(OC)c(OC)cc2Cl)C(C)=O)c1OCC. The summed E-state index contributed by atoms with van der Waals surface area (Å²) in [4.78, 5) is 25.1. The number of ketones is 1. The molecule has 1 atom stereocenters. The van der Waals surface area contributed by atoms with Crippen LogP contribution in [-0.2, 0) is 9.59 Å². The van der Waals surface area contributed by atoms with Crippen molar-refractivity contribution in [1.82, 2.24) is 0 Å². The summed E-state index contributed by atoms with van der Waals surface area (Å²) in [5.74, 6) is 0.122. The summed E-state index contributed by atoms with van der Waals surface area (Å²) in [5.41, 5.74) is 0.361. The van der Waals surface area contributed by atoms with Gasteiger partial charge in [-0.3, -0.25) is 9.59 Å². The molecule has 1 unspecified atom stereocenters. The average molecular weight is 498 g/mol. The lowest BCUT2D eigenvalue weighted by Gasteiger charge is -2.18. The van der Waals surface area contributed by atoms with Crippen LogP contribution in [0, 0.1) is 0 Å². The maximum Gasteiger partial charge on any atom is 0.258 e. The van der Waals surface area contributed by atoms with Crippen molar-refractivity contribution in [2.45, 2.75) is 26.8 Å². The lowest BCUT2D eigenvalue weighted by molar-refractivity contribution is -0.126. The van der Waals surface area contributed by atoms with E-state index in [0.717, 1.165) is 0 Å². The van der Waals surface area contributed by atoms with Crippen LogP contribution < -0.4 is 24.3 Å². The molecule has 9 nitrogen and oxygen atoms in total. The van der Waals surface area contributed by atoms with Crippen LogP contribution in [0.1, 0.15) is 20.8 Å². The fraction of sp³-hybridized carbons (Fsp3) is 0.364. The van der Waals surface area contributed by atoms with Gasteiger partial charge < -0.3 is 24.3 Å². The lowest BCUT2D eigenvalue weighted by Crippen LogP contribution is -2.32. The highest BCUT2D eigenvalue weighted by Crippen LogP contribution is 2.41. The van der Waals surface area contributed by atoms with Crippen LogP contribution >= 0.6 is 23.2 Å². The zero-order valence-electron chi connectivity index (χ0n) is 18.9. The van der Waals surface area contributed by atoms with Crippen LogP contribution in [0.4, 0.5) is 11.4 Å². The largest absolute Gasteiger partial charge is 0.493 e. The van der Waals surface area contributed by atoms with E-state index in [1.807, 2.05) is 6.92 Å². The Morgan fingerprint density at radius 3 is 2.18 bits per heavy atom. The molecule has 0 saturated heterocycles. The van der Waals surface area contributed by atoms with Crippen molar-refractivity contribution in [2.24, 2.45) is 10.2 Å². The quantitative estimate of drug-likeness (QED) is 0.324. The maximum atomic E-state index is 12.9. The van der Waals surface area contributed by atoms with Gasteiger partial charge in [0.2, 0.25) is 6.04 Å². The second-order valence-electron chi connectivity index (χ2n) is 6.49. The Morgan fingerprint density at radius 2 is 1.61 bits per heavy atom. The van der Waals surface area contributed by atoms with E-state index in [1.165, 1.54) is 33.3 Å². The van der Waals surface area contributed by atoms with Crippen LogP contribution in [0.15, 0.2) is 34.5 Å². The van der Waals surface area contributed by atoms with Gasteiger partial charge in [0.15, 0.2) is 28.8 Å². The smallest absolute Gasteiger partial charge is 0.258 e. The van der Waals surface area contributed by atoms with Gasteiger partial charge in [-0.2, -0.15) is 10.2 Å². The number of halogens is 2. The molecule has 0 spiro atoms. The molecular formula is C22H25Cl2N3O6. The van der Waals surface area contributed by atoms with Crippen molar-refractivity contribution in [3.8, 4) is 23.0 Å². The normalized spacial score (nSPS) is 11.7. The number of hydrogen-bond donors (Lipinski definition) is 1. The molecule has 0 aliphatic rings. The van der Waals surface area contributed by atoms with Gasteiger partial charge in [0, 0.05) is 12.1 Å². The molecule has 2 aromatic rings. The number of rotatable bonds is 11. The number of azo groups is 1. The Kier molecular flexibility index (Phi) is 9.74. The van der Waals surface area contributed by atoms with Crippen LogP contribution in [0.25, 0.3) is 0 Å². The summed E-state index contributed by atoms with van der Waals surface area (Å²) >= 11 is 12.5. The Balaban J connectivity index is 2.38. The molecule has 1 N–H and O–H groups in total. The van der Waals surface area contributed by atoms with Gasteiger partial charge in [-0.1, -0.05) is 23.2 Å². The number of methoxy groups -OCH3 is 2. The third-order valence-electron chi connectivity index (χ3n) is 4.27. The van der Waals surface area contributed by atoms with E-state index in [1.54, 1.807) is 19.1 Å². The predicted molar refractivity (Wildman–Crippen MR) is 126 cm³/mol. The number of carbonyl (C=O) groups is 2. The summed E-state index contributed by atoms with van der Waals surface area (Å²) in [5, 5.41) is 10.9. The second-order valence-corrected chi connectivity index (χ2v) is 7.31. The van der Waals surface area contributed by atoms with E-state index in [0.29, 0.717) is 30.5 Å². The first kappa shape index (κ1) is 26.2. The molecule has 0 fully saturated rings. The molecule has 0 radical (unpaired) electrons. The Hall–Kier alpha value is -3.04. The second kappa shape index (κ2) is 12.3. The summed E-state index contributed by atoms with van der Waals surface area (Å²) in [7, 11) is 2.92. The fourth-order valence-corrected chi connectivity index (χ4v) is 3.15. The highest BCUT2D eigenvalue weighted by Gasteiger charge is 2.26. The van der Waals surface area contributed by atoms with E-state index >= 15 is 0 Å². The van der Waals surface area contributed by atoms with Crippen molar-refractivity contribution in [1.29, 1.82) is 0 Å². The zero-order valence-corrected chi connectivity index (χ0v) is 20.4. The average Bonchev–Trinajstić information content (AvgIpc) is 2.78. The minimum atomic E-state index is -1.46. The van der Waals surface area contributed by atoms with Crippen molar-refractivity contribution < 1.29 is 28.5 Å². The standard InChI is InChI=1S/C22H25Cl2N3O6/c1-6-32-16-9-8-13(23)20(21(16)33-7-2)25-22(29)19(12(3)28)27-26-15-11-18(31-5)17(30-4)10-14(15)24/h8-11,19H,6-7H2,1-5H3,(H,25,29). The van der Waals surface area contributed by atoms with Gasteiger partial charge in [-0.15, -0.1) is 0 Å². The third kappa shape index (κ3) is 6.49. The van der Waals surface area contributed by atoms with Crippen molar-refractivity contribution in [3.63, 3.8) is 0 Å². The minimum Gasteiger partial charge on any atom is -0.493 e. The zero-order chi connectivity index (χ0) is 24.5. The number of amides is 1. The molecule has 11 heteroatoms. The van der Waals surface area contributed by atoms with Gasteiger partial charge in [-0.25, -0.2) is 0 Å². The van der Waals surface area contributed by atoms with E-state index in [-0.39, 0.29) is 27.2 Å². The number of ether oxygens (including phenoxy) is 4. The fourth-order valence-electron chi connectivity index (χ4n) is 2.76. The summed E-state index contributed by atoms with van der Waals surface area (Å²) in [6, 6.07) is 4.70. The number of benzene rings is 2. The molecule has 2 rings (SSSR count). The van der Waals surface area contributed by atoms with Crippen LogP contribution in [0.3, 0.4) is 0 Å². The number of Topliss-reactive ketones (excluding diaryl/α,β-unsaturated/α-hetero) is 1. The molecular weight excluding hydrogens is 473 g/mol. The molecule has 2 aromatic carbocycles. The lowest BCUT2D eigenvalue weighted by atomic mass is 10.2. The number of anilines is 1.